The van der Waals surface area contributed by atoms with Crippen molar-refractivity contribution in [1.82, 2.24) is 0 Å². The van der Waals surface area contributed by atoms with Crippen molar-refractivity contribution < 1.29 is 9.53 Å². The van der Waals surface area contributed by atoms with Gasteiger partial charge in [-0.2, -0.15) is 11.8 Å². The van der Waals surface area contributed by atoms with E-state index in [-0.39, 0.29) is 17.3 Å². The van der Waals surface area contributed by atoms with Crippen molar-refractivity contribution in [3.63, 3.8) is 0 Å². The summed E-state index contributed by atoms with van der Waals surface area (Å²) >= 11 is 2.00. The average Bonchev–Trinajstić information content (AvgIpc) is 2.55. The number of rotatable bonds is 3. The molecule has 0 aliphatic carbocycles. The number of nitrogens with two attached hydrogens (primary N) is 1. The second-order valence-electron chi connectivity index (χ2n) is 6.10. The third kappa shape index (κ3) is 3.33. The highest BCUT2D eigenvalue weighted by Gasteiger charge is 2.40. The topological polar surface area (TPSA) is 52.3 Å². The van der Waals surface area contributed by atoms with Crippen LogP contribution in [0.15, 0.2) is 24.3 Å². The number of hydrogen-bond acceptors (Lipinski definition) is 4. The van der Waals surface area contributed by atoms with Gasteiger partial charge in [-0.25, -0.2) is 0 Å². The van der Waals surface area contributed by atoms with Gasteiger partial charge in [-0.3, -0.25) is 4.79 Å². The molecule has 4 heteroatoms. The van der Waals surface area contributed by atoms with Crippen LogP contribution >= 0.6 is 11.8 Å². The maximum absolute atomic E-state index is 12.7. The second-order valence-corrected chi connectivity index (χ2v) is 7.32. The van der Waals surface area contributed by atoms with Crippen LogP contribution in [0, 0.1) is 5.92 Å². The van der Waals surface area contributed by atoms with Crippen LogP contribution < -0.4 is 5.73 Å². The van der Waals surface area contributed by atoms with Crippen molar-refractivity contribution in [1.29, 1.82) is 0 Å². The van der Waals surface area contributed by atoms with Gasteiger partial charge in [-0.15, -0.1) is 0 Å². The van der Waals surface area contributed by atoms with E-state index < -0.39 is 0 Å². The summed E-state index contributed by atoms with van der Waals surface area (Å²) in [6.45, 7) is 1.24. The van der Waals surface area contributed by atoms with Crippen LogP contribution in [-0.2, 0) is 11.3 Å². The third-order valence-electron chi connectivity index (χ3n) is 4.74. The predicted molar refractivity (Wildman–Crippen MR) is 86.6 cm³/mol. The first-order valence-corrected chi connectivity index (χ1v) is 8.93. The third-order valence-corrected chi connectivity index (χ3v) is 5.73. The Hall–Kier alpha value is -0.840. The van der Waals surface area contributed by atoms with Crippen LogP contribution in [0.2, 0.25) is 0 Å². The SMILES string of the molecule is NCc1ccc(C(=O)C2CCOC3(CCSCC3)C2)cc1. The standard InChI is InChI=1S/C17H23NO2S/c18-12-13-1-3-14(4-2-13)16(19)15-5-8-20-17(11-15)6-9-21-10-7-17/h1-4,15H,5-12,18H2. The molecule has 2 heterocycles. The molecule has 2 aliphatic rings. The largest absolute Gasteiger partial charge is 0.375 e. The molecule has 0 bridgehead atoms. The van der Waals surface area contributed by atoms with Gasteiger partial charge in [0.15, 0.2) is 5.78 Å². The molecule has 1 unspecified atom stereocenters. The fraction of sp³-hybridized carbons (Fsp3) is 0.588. The summed E-state index contributed by atoms with van der Waals surface area (Å²) in [5.74, 6) is 2.71. The average molecular weight is 305 g/mol. The molecule has 1 atom stereocenters. The van der Waals surface area contributed by atoms with Crippen LogP contribution in [0.1, 0.15) is 41.6 Å². The van der Waals surface area contributed by atoms with Crippen molar-refractivity contribution in [2.45, 2.75) is 37.8 Å². The zero-order valence-electron chi connectivity index (χ0n) is 12.3. The Morgan fingerprint density at radius 3 is 2.67 bits per heavy atom. The minimum atomic E-state index is -0.0268. The number of carbonyl (C=O) groups excluding carboxylic acids is 1. The fourth-order valence-electron chi connectivity index (χ4n) is 3.38. The minimum Gasteiger partial charge on any atom is -0.375 e. The molecular formula is C17H23NO2S. The first-order chi connectivity index (χ1) is 10.2. The highest BCUT2D eigenvalue weighted by molar-refractivity contribution is 7.99. The number of thioether (sulfide) groups is 1. The van der Waals surface area contributed by atoms with E-state index in [0.29, 0.717) is 6.54 Å². The van der Waals surface area contributed by atoms with E-state index in [1.807, 2.05) is 36.0 Å². The summed E-state index contributed by atoms with van der Waals surface area (Å²) < 4.78 is 6.08. The van der Waals surface area contributed by atoms with Gasteiger partial charge in [-0.05, 0) is 42.8 Å². The molecule has 1 aromatic rings. The second kappa shape index (κ2) is 6.51. The lowest BCUT2D eigenvalue weighted by molar-refractivity contribution is -0.0959. The molecule has 2 fully saturated rings. The van der Waals surface area contributed by atoms with Crippen molar-refractivity contribution >= 4 is 17.5 Å². The van der Waals surface area contributed by atoms with Crippen LogP contribution in [0.5, 0.6) is 0 Å². The predicted octanol–water partition coefficient (Wildman–Crippen LogP) is 3.02. The van der Waals surface area contributed by atoms with Crippen LogP contribution in [-0.4, -0.2) is 29.5 Å². The first kappa shape index (κ1) is 15.1. The zero-order chi connectivity index (χ0) is 14.7. The summed E-state index contributed by atoms with van der Waals surface area (Å²) in [4.78, 5) is 12.7. The summed E-state index contributed by atoms with van der Waals surface area (Å²) in [6.07, 6.45) is 3.93. The molecule has 0 aromatic heterocycles. The van der Waals surface area contributed by atoms with E-state index in [9.17, 15) is 4.79 Å². The zero-order valence-corrected chi connectivity index (χ0v) is 13.2. The normalized spacial score (nSPS) is 24.9. The molecule has 21 heavy (non-hydrogen) atoms. The highest BCUT2D eigenvalue weighted by atomic mass is 32.2. The van der Waals surface area contributed by atoms with E-state index in [1.54, 1.807) is 0 Å². The lowest BCUT2D eigenvalue weighted by Gasteiger charge is -2.42. The van der Waals surface area contributed by atoms with Crippen molar-refractivity contribution in [3.8, 4) is 0 Å². The summed E-state index contributed by atoms with van der Waals surface area (Å²) in [6, 6.07) is 7.76. The van der Waals surface area contributed by atoms with E-state index in [1.165, 1.54) is 0 Å². The molecular weight excluding hydrogens is 282 g/mol. The lowest BCUT2D eigenvalue weighted by atomic mass is 9.78. The molecule has 0 saturated carbocycles. The van der Waals surface area contributed by atoms with Gasteiger partial charge in [0.2, 0.25) is 0 Å². The summed E-state index contributed by atoms with van der Waals surface area (Å²) in [5.41, 5.74) is 7.47. The number of ketones is 1. The van der Waals surface area contributed by atoms with Crippen molar-refractivity contribution in [2.24, 2.45) is 11.7 Å². The molecule has 3 nitrogen and oxygen atoms in total. The Balaban J connectivity index is 1.71. The summed E-state index contributed by atoms with van der Waals surface area (Å²) in [5, 5.41) is 0. The van der Waals surface area contributed by atoms with E-state index in [4.69, 9.17) is 10.5 Å². The minimum absolute atomic E-state index is 0.0268. The van der Waals surface area contributed by atoms with E-state index >= 15 is 0 Å². The molecule has 114 valence electrons. The van der Waals surface area contributed by atoms with Crippen molar-refractivity contribution in [3.05, 3.63) is 35.4 Å². The molecule has 3 rings (SSSR count). The number of hydrogen-bond donors (Lipinski definition) is 1. The van der Waals surface area contributed by atoms with Gasteiger partial charge in [-0.1, -0.05) is 24.3 Å². The van der Waals surface area contributed by atoms with Gasteiger partial charge in [0, 0.05) is 24.6 Å². The Kier molecular flexibility index (Phi) is 4.67. The van der Waals surface area contributed by atoms with Gasteiger partial charge in [0.1, 0.15) is 0 Å². The molecule has 0 amide bonds. The van der Waals surface area contributed by atoms with Crippen LogP contribution in [0.25, 0.3) is 0 Å². The fourth-order valence-corrected chi connectivity index (χ4v) is 4.62. The van der Waals surface area contributed by atoms with E-state index in [2.05, 4.69) is 0 Å². The summed E-state index contributed by atoms with van der Waals surface area (Å²) in [7, 11) is 0. The Morgan fingerprint density at radius 1 is 1.29 bits per heavy atom. The molecule has 1 aromatic carbocycles. The lowest BCUT2D eigenvalue weighted by Crippen LogP contribution is -2.44. The van der Waals surface area contributed by atoms with Gasteiger partial charge in [0.05, 0.1) is 5.60 Å². The van der Waals surface area contributed by atoms with Gasteiger partial charge < -0.3 is 10.5 Å². The first-order valence-electron chi connectivity index (χ1n) is 7.77. The molecule has 2 aliphatic heterocycles. The van der Waals surface area contributed by atoms with Crippen LogP contribution in [0.4, 0.5) is 0 Å². The van der Waals surface area contributed by atoms with Crippen molar-refractivity contribution in [2.75, 3.05) is 18.1 Å². The Labute approximate surface area is 130 Å². The Morgan fingerprint density at radius 2 is 2.00 bits per heavy atom. The number of benzene rings is 1. The number of ether oxygens (including phenoxy) is 1. The van der Waals surface area contributed by atoms with Gasteiger partial charge >= 0.3 is 0 Å². The van der Waals surface area contributed by atoms with Gasteiger partial charge in [0.25, 0.3) is 0 Å². The maximum atomic E-state index is 12.7. The molecule has 1 spiro atoms. The molecule has 2 N–H and O–H groups in total. The number of Topliss-reactive ketones (excluding diaryl/α,β-unsaturated/α-hetero) is 1. The quantitative estimate of drug-likeness (QED) is 0.872. The molecule has 2 saturated heterocycles. The smallest absolute Gasteiger partial charge is 0.166 e. The number of carbonyl (C=O) groups is 1. The van der Waals surface area contributed by atoms with Crippen LogP contribution in [0.3, 0.4) is 0 Å². The molecule has 0 radical (unpaired) electrons. The highest BCUT2D eigenvalue weighted by Crippen LogP contribution is 2.40. The monoisotopic (exact) mass is 305 g/mol. The Bertz CT molecular complexity index is 489. The van der Waals surface area contributed by atoms with E-state index in [0.717, 1.165) is 54.9 Å². The maximum Gasteiger partial charge on any atom is 0.166 e.